The van der Waals surface area contributed by atoms with Crippen molar-refractivity contribution in [3.8, 4) is 0 Å². The van der Waals surface area contributed by atoms with Crippen LogP contribution in [-0.4, -0.2) is 76.9 Å². The molecule has 2 aliphatic carbocycles. The van der Waals surface area contributed by atoms with Gasteiger partial charge >= 0.3 is 5.51 Å². The van der Waals surface area contributed by atoms with Crippen LogP contribution in [0.1, 0.15) is 87.1 Å². The number of ketones is 1. The highest BCUT2D eigenvalue weighted by atomic mass is 32.2. The Kier molecular flexibility index (Phi) is 12.1. The number of nitrogens with zero attached hydrogens (tertiary/aromatic N) is 2. The molecule has 1 aromatic carbocycles. The largest absolute Gasteiger partial charge is 0.442 e. The molecule has 264 valence electrons. The highest BCUT2D eigenvalue weighted by Gasteiger charge is 2.38. The number of rotatable bonds is 9. The maximum atomic E-state index is 13.5. The van der Waals surface area contributed by atoms with Crippen molar-refractivity contribution in [3.63, 3.8) is 0 Å². The average Bonchev–Trinajstić information content (AvgIpc) is 3.35. The molecule has 1 amide bonds. The summed E-state index contributed by atoms with van der Waals surface area (Å²) in [5.74, 6) is -2.42. The minimum Gasteiger partial charge on any atom is -0.374 e. The third-order valence-corrected chi connectivity index (χ3v) is 11.3. The number of amides is 1. The highest BCUT2D eigenvalue weighted by molar-refractivity contribution is 8.00. The number of nitrogens with one attached hydrogen (secondary N) is 1. The number of halogens is 5. The average molecular weight is 694 g/mol. The second-order valence-corrected chi connectivity index (χ2v) is 15.3. The fourth-order valence-corrected chi connectivity index (χ4v) is 8.20. The summed E-state index contributed by atoms with van der Waals surface area (Å²) in [7, 11) is 0. The maximum absolute atomic E-state index is 13.5. The molecule has 2 heterocycles. The first-order valence-electron chi connectivity index (χ1n) is 17.4. The Morgan fingerprint density at radius 1 is 1.04 bits per heavy atom. The van der Waals surface area contributed by atoms with E-state index < -0.39 is 16.7 Å². The van der Waals surface area contributed by atoms with Gasteiger partial charge in [0.1, 0.15) is 0 Å². The predicted molar refractivity (Wildman–Crippen MR) is 182 cm³/mol. The number of benzene rings is 1. The zero-order chi connectivity index (χ0) is 34.5. The van der Waals surface area contributed by atoms with Crippen molar-refractivity contribution in [1.82, 2.24) is 15.1 Å². The molecule has 5 nitrogen and oxygen atoms in total. The summed E-state index contributed by atoms with van der Waals surface area (Å²) in [6.07, 6.45) is 16.7. The molecule has 11 heteroatoms. The van der Waals surface area contributed by atoms with Crippen molar-refractivity contribution < 1.29 is 31.5 Å². The lowest BCUT2D eigenvalue weighted by atomic mass is 9.87. The van der Waals surface area contributed by atoms with Gasteiger partial charge in [0, 0.05) is 72.4 Å². The van der Waals surface area contributed by atoms with Gasteiger partial charge in [-0.15, -0.1) is 0 Å². The van der Waals surface area contributed by atoms with Gasteiger partial charge in [-0.3, -0.25) is 14.5 Å². The van der Waals surface area contributed by atoms with Crippen molar-refractivity contribution in [1.29, 1.82) is 0 Å². The van der Waals surface area contributed by atoms with Crippen LogP contribution in [0.25, 0.3) is 12.3 Å². The Labute approximate surface area is 284 Å². The van der Waals surface area contributed by atoms with Crippen LogP contribution in [0.4, 0.5) is 22.0 Å². The van der Waals surface area contributed by atoms with Crippen LogP contribution < -0.4 is 15.8 Å². The van der Waals surface area contributed by atoms with Crippen LogP contribution in [0.2, 0.25) is 0 Å². The SMILES string of the molecule is Cc1c(C(=O)NCCN2CCC(F)(F)C2)ccc2c1=CN(CC1CCCCC(C(=O)C3=CCC(SC(F)(F)F)C=C3)CCC1)C(C)CC=2. The number of alkyl halides is 5. The third kappa shape index (κ3) is 9.96. The molecule has 4 aliphatic rings. The first kappa shape index (κ1) is 36.6. The number of Topliss-reactive ketones (excluding diaryl/α,β-unsaturated/α-hetero) is 1. The number of hydrogen-bond acceptors (Lipinski definition) is 5. The minimum atomic E-state index is -4.29. The normalized spacial score (nSPS) is 26.6. The molecule has 0 bridgehead atoms. The van der Waals surface area contributed by atoms with Gasteiger partial charge in [-0.2, -0.15) is 13.2 Å². The summed E-state index contributed by atoms with van der Waals surface area (Å²) in [6, 6.07) is 4.13. The summed E-state index contributed by atoms with van der Waals surface area (Å²) < 4.78 is 65.3. The van der Waals surface area contributed by atoms with Gasteiger partial charge in [-0.1, -0.05) is 49.6 Å². The van der Waals surface area contributed by atoms with E-state index in [1.54, 1.807) is 17.1 Å². The van der Waals surface area contributed by atoms with E-state index in [1.807, 2.05) is 19.1 Å². The Balaban J connectivity index is 1.18. The lowest BCUT2D eigenvalue weighted by Crippen LogP contribution is -2.38. The zero-order valence-electron chi connectivity index (χ0n) is 28.0. The topological polar surface area (TPSA) is 52.7 Å². The first-order chi connectivity index (χ1) is 22.8. The molecule has 2 aliphatic heterocycles. The summed E-state index contributed by atoms with van der Waals surface area (Å²) in [5.41, 5.74) is -2.24. The summed E-state index contributed by atoms with van der Waals surface area (Å²) in [6.45, 7) is 5.86. The van der Waals surface area contributed by atoms with Crippen molar-refractivity contribution in [3.05, 3.63) is 57.5 Å². The van der Waals surface area contributed by atoms with Gasteiger partial charge in [0.2, 0.25) is 0 Å². The highest BCUT2D eigenvalue weighted by Crippen LogP contribution is 2.38. The molecule has 1 N–H and O–H groups in total. The van der Waals surface area contributed by atoms with E-state index in [9.17, 15) is 31.5 Å². The second kappa shape index (κ2) is 15.9. The number of allylic oxidation sites excluding steroid dienone is 3. The first-order valence-corrected chi connectivity index (χ1v) is 18.3. The Hall–Kier alpha value is -2.66. The monoisotopic (exact) mass is 693 g/mol. The number of thioether (sulfide) groups is 1. The summed E-state index contributed by atoms with van der Waals surface area (Å²) >= 11 is -0.0327. The molecule has 1 aromatic rings. The molecule has 5 rings (SSSR count). The van der Waals surface area contributed by atoms with Crippen molar-refractivity contribution in [2.45, 2.75) is 101 Å². The van der Waals surface area contributed by atoms with Crippen molar-refractivity contribution in [2.24, 2.45) is 11.8 Å². The van der Waals surface area contributed by atoms with Gasteiger partial charge in [0.15, 0.2) is 5.78 Å². The number of hydrogen-bond donors (Lipinski definition) is 1. The van der Waals surface area contributed by atoms with Crippen molar-refractivity contribution in [2.75, 3.05) is 32.7 Å². The van der Waals surface area contributed by atoms with E-state index in [2.05, 4.69) is 29.4 Å². The molecule has 0 spiro atoms. The van der Waals surface area contributed by atoms with E-state index in [4.69, 9.17) is 0 Å². The van der Waals surface area contributed by atoms with Crippen LogP contribution in [0.5, 0.6) is 0 Å². The molecular weight excluding hydrogens is 645 g/mol. The lowest BCUT2D eigenvalue weighted by Gasteiger charge is -2.31. The molecule has 1 saturated heterocycles. The lowest BCUT2D eigenvalue weighted by molar-refractivity contribution is -0.119. The molecular formula is C37H48F5N3O2S. The molecule has 4 unspecified atom stereocenters. The zero-order valence-corrected chi connectivity index (χ0v) is 28.8. The quantitative estimate of drug-likeness (QED) is 0.291. The predicted octanol–water partition coefficient (Wildman–Crippen LogP) is 6.73. The molecule has 2 fully saturated rings. The van der Waals surface area contributed by atoms with Crippen LogP contribution in [0, 0.1) is 18.8 Å². The second-order valence-electron chi connectivity index (χ2n) is 14.0. The standard InChI is InChI=1S/C37H48F5N3O2S/c1-25-10-11-28-14-17-32(35(47)43-19-21-44-20-18-36(38,39)24-44)26(2)33(28)23-45(25)22-27-6-3-4-8-29(9-5-7-27)34(46)30-12-15-31(16-13-30)48-37(40,41)42/h11-15,17,23,25,27,29,31H,3-10,16,18-22,24H2,1-2H3,(H,43,47). The van der Waals surface area contributed by atoms with Crippen molar-refractivity contribution >= 4 is 35.7 Å². The fourth-order valence-electron chi connectivity index (χ4n) is 7.51. The summed E-state index contributed by atoms with van der Waals surface area (Å²) in [5, 5.41) is 4.38. The smallest absolute Gasteiger partial charge is 0.374 e. The van der Waals surface area contributed by atoms with E-state index in [1.165, 1.54) is 6.08 Å². The van der Waals surface area contributed by atoms with Gasteiger partial charge < -0.3 is 10.2 Å². The van der Waals surface area contributed by atoms with Crippen LogP contribution in [-0.2, 0) is 4.79 Å². The number of carbonyl (C=O) groups is 2. The van der Waals surface area contributed by atoms with Crippen LogP contribution in [0.3, 0.4) is 0 Å². The van der Waals surface area contributed by atoms with Gasteiger partial charge in [0.25, 0.3) is 11.8 Å². The number of carbonyl (C=O) groups excluding carboxylic acids is 2. The van der Waals surface area contributed by atoms with Gasteiger partial charge in [-0.25, -0.2) is 8.78 Å². The molecule has 48 heavy (non-hydrogen) atoms. The number of likely N-dealkylation sites (tertiary alicyclic amines) is 1. The molecule has 0 radical (unpaired) electrons. The Morgan fingerprint density at radius 3 is 2.50 bits per heavy atom. The van der Waals surface area contributed by atoms with E-state index in [-0.39, 0.29) is 54.8 Å². The van der Waals surface area contributed by atoms with Gasteiger partial charge in [0.05, 0.1) is 6.54 Å². The van der Waals surface area contributed by atoms with E-state index in [0.717, 1.165) is 73.9 Å². The molecule has 1 saturated carbocycles. The number of fused-ring (bicyclic) bond motifs is 1. The molecule has 0 aromatic heterocycles. The third-order valence-electron chi connectivity index (χ3n) is 10.3. The Bertz CT molecular complexity index is 1510. The van der Waals surface area contributed by atoms with Gasteiger partial charge in [-0.05, 0) is 86.9 Å². The fraction of sp³-hybridized carbons (Fsp3) is 0.622. The minimum absolute atomic E-state index is 0.0327. The van der Waals surface area contributed by atoms with Crippen LogP contribution >= 0.6 is 11.8 Å². The Morgan fingerprint density at radius 2 is 1.79 bits per heavy atom. The van der Waals surface area contributed by atoms with E-state index >= 15 is 0 Å². The van der Waals surface area contributed by atoms with E-state index in [0.29, 0.717) is 36.7 Å². The molecule has 4 atom stereocenters. The van der Waals surface area contributed by atoms with Crippen LogP contribution in [0.15, 0.2) is 35.9 Å². The maximum Gasteiger partial charge on any atom is 0.442 e. The summed E-state index contributed by atoms with van der Waals surface area (Å²) in [4.78, 5) is 30.6.